The number of hydrogen-bond acceptors (Lipinski definition) is 3. The maximum atomic E-state index is 5.29. The van der Waals surface area contributed by atoms with Crippen LogP contribution < -0.4 is 5.32 Å². The van der Waals surface area contributed by atoms with E-state index in [1.165, 1.54) is 11.3 Å². The smallest absolute Gasteiger partial charge is 0.0657 e. The van der Waals surface area contributed by atoms with Crippen LogP contribution in [0.15, 0.2) is 30.3 Å². The highest BCUT2D eigenvalue weighted by atomic mass is 32.2. The van der Waals surface area contributed by atoms with Crippen molar-refractivity contribution in [3.8, 4) is 0 Å². The molecule has 0 spiro atoms. The van der Waals surface area contributed by atoms with Gasteiger partial charge in [-0.2, -0.15) is 11.8 Å². The molecule has 0 heterocycles. The van der Waals surface area contributed by atoms with E-state index in [0.29, 0.717) is 12.6 Å². The van der Waals surface area contributed by atoms with Crippen LogP contribution in [0.1, 0.15) is 25.5 Å². The predicted octanol–water partition coefficient (Wildman–Crippen LogP) is 3.11. The highest BCUT2D eigenvalue weighted by molar-refractivity contribution is 7.99. The molecule has 0 bridgehead atoms. The van der Waals surface area contributed by atoms with Crippen molar-refractivity contribution in [2.75, 3.05) is 25.2 Å². The standard InChI is InChI=1S/C14H23NOS/c1-4-17-11-12(2)15-14(10-16-3)13-8-6-5-7-9-13/h5-9,12,14-15H,4,10-11H2,1-3H3. The molecule has 0 aromatic heterocycles. The molecule has 0 fully saturated rings. The lowest BCUT2D eigenvalue weighted by Gasteiger charge is -2.23. The molecule has 1 N–H and O–H groups in total. The first-order valence-electron chi connectivity index (χ1n) is 6.15. The summed E-state index contributed by atoms with van der Waals surface area (Å²) in [6.07, 6.45) is 0. The molecule has 2 atom stereocenters. The van der Waals surface area contributed by atoms with Crippen molar-refractivity contribution in [2.24, 2.45) is 0 Å². The van der Waals surface area contributed by atoms with E-state index in [0.717, 1.165) is 5.75 Å². The van der Waals surface area contributed by atoms with E-state index in [9.17, 15) is 0 Å². The van der Waals surface area contributed by atoms with Crippen molar-refractivity contribution in [1.82, 2.24) is 5.32 Å². The van der Waals surface area contributed by atoms with Gasteiger partial charge in [0.2, 0.25) is 0 Å². The Morgan fingerprint density at radius 1 is 1.29 bits per heavy atom. The molecule has 0 saturated carbocycles. The summed E-state index contributed by atoms with van der Waals surface area (Å²) in [5.74, 6) is 2.32. The fraction of sp³-hybridized carbons (Fsp3) is 0.571. The number of benzene rings is 1. The second-order valence-corrected chi connectivity index (χ2v) is 5.46. The Labute approximate surface area is 109 Å². The summed E-state index contributed by atoms with van der Waals surface area (Å²) in [5.41, 5.74) is 1.29. The van der Waals surface area contributed by atoms with Crippen molar-refractivity contribution in [1.29, 1.82) is 0 Å². The minimum Gasteiger partial charge on any atom is -0.383 e. The van der Waals surface area contributed by atoms with Crippen LogP contribution in [0, 0.1) is 0 Å². The van der Waals surface area contributed by atoms with Gasteiger partial charge in [0.15, 0.2) is 0 Å². The molecule has 0 aliphatic heterocycles. The Morgan fingerprint density at radius 3 is 2.59 bits per heavy atom. The first kappa shape index (κ1) is 14.6. The number of nitrogens with one attached hydrogen (secondary N) is 1. The zero-order valence-electron chi connectivity index (χ0n) is 11.0. The normalized spacial score (nSPS) is 14.5. The van der Waals surface area contributed by atoms with E-state index in [2.05, 4.69) is 43.4 Å². The van der Waals surface area contributed by atoms with Crippen molar-refractivity contribution in [3.05, 3.63) is 35.9 Å². The van der Waals surface area contributed by atoms with Crippen LogP contribution in [0.2, 0.25) is 0 Å². The summed E-state index contributed by atoms with van der Waals surface area (Å²) in [7, 11) is 1.75. The van der Waals surface area contributed by atoms with E-state index in [4.69, 9.17) is 4.74 Å². The van der Waals surface area contributed by atoms with Gasteiger partial charge in [-0.15, -0.1) is 0 Å². The van der Waals surface area contributed by atoms with Gasteiger partial charge in [-0.1, -0.05) is 37.3 Å². The van der Waals surface area contributed by atoms with Crippen LogP contribution in [-0.2, 0) is 4.74 Å². The zero-order chi connectivity index (χ0) is 12.5. The van der Waals surface area contributed by atoms with Crippen LogP contribution in [0.25, 0.3) is 0 Å². The molecule has 0 amide bonds. The van der Waals surface area contributed by atoms with E-state index in [1.807, 2.05) is 17.8 Å². The molecule has 2 unspecified atom stereocenters. The maximum Gasteiger partial charge on any atom is 0.0657 e. The van der Waals surface area contributed by atoms with E-state index in [1.54, 1.807) is 7.11 Å². The molecular formula is C14H23NOS. The highest BCUT2D eigenvalue weighted by Gasteiger charge is 2.13. The average molecular weight is 253 g/mol. The molecule has 0 aliphatic rings. The minimum atomic E-state index is 0.286. The summed E-state index contributed by atoms with van der Waals surface area (Å²) in [6, 6.07) is 11.3. The van der Waals surface area contributed by atoms with Gasteiger partial charge in [0.1, 0.15) is 0 Å². The number of hydrogen-bond donors (Lipinski definition) is 1. The minimum absolute atomic E-state index is 0.286. The van der Waals surface area contributed by atoms with Crippen LogP contribution in [0.4, 0.5) is 0 Å². The van der Waals surface area contributed by atoms with Crippen LogP contribution in [-0.4, -0.2) is 31.3 Å². The maximum absolute atomic E-state index is 5.29. The molecule has 17 heavy (non-hydrogen) atoms. The Balaban J connectivity index is 2.54. The van der Waals surface area contributed by atoms with E-state index in [-0.39, 0.29) is 6.04 Å². The first-order valence-corrected chi connectivity index (χ1v) is 7.31. The molecule has 1 aromatic rings. The van der Waals surface area contributed by atoms with Gasteiger partial charge in [-0.3, -0.25) is 0 Å². The number of methoxy groups -OCH3 is 1. The SMILES string of the molecule is CCSCC(C)NC(COC)c1ccccc1. The van der Waals surface area contributed by atoms with Gasteiger partial charge < -0.3 is 10.1 Å². The third-order valence-electron chi connectivity index (χ3n) is 2.59. The molecule has 1 rings (SSSR count). The monoisotopic (exact) mass is 253 g/mol. The molecule has 0 saturated heterocycles. The molecule has 3 heteroatoms. The van der Waals surface area contributed by atoms with Crippen molar-refractivity contribution in [2.45, 2.75) is 25.9 Å². The van der Waals surface area contributed by atoms with Gasteiger partial charge in [-0.25, -0.2) is 0 Å². The Bertz CT molecular complexity index is 292. The largest absolute Gasteiger partial charge is 0.383 e. The summed E-state index contributed by atoms with van der Waals surface area (Å²) in [6.45, 7) is 5.14. The fourth-order valence-electron chi connectivity index (χ4n) is 1.78. The van der Waals surface area contributed by atoms with E-state index >= 15 is 0 Å². The van der Waals surface area contributed by atoms with Gasteiger partial charge in [0, 0.05) is 18.9 Å². The van der Waals surface area contributed by atoms with Gasteiger partial charge >= 0.3 is 0 Å². The van der Waals surface area contributed by atoms with Crippen molar-refractivity contribution < 1.29 is 4.74 Å². The number of thioether (sulfide) groups is 1. The number of ether oxygens (including phenoxy) is 1. The number of rotatable bonds is 8. The Kier molecular flexibility index (Phi) is 7.33. The van der Waals surface area contributed by atoms with Gasteiger partial charge in [0.25, 0.3) is 0 Å². The average Bonchev–Trinajstić information content (AvgIpc) is 2.37. The quantitative estimate of drug-likeness (QED) is 0.769. The lowest BCUT2D eigenvalue weighted by molar-refractivity contribution is 0.163. The van der Waals surface area contributed by atoms with Crippen molar-refractivity contribution in [3.63, 3.8) is 0 Å². The summed E-state index contributed by atoms with van der Waals surface area (Å²) < 4.78 is 5.29. The third-order valence-corrected chi connectivity index (χ3v) is 3.74. The lowest BCUT2D eigenvalue weighted by atomic mass is 10.1. The third kappa shape index (κ3) is 5.57. The van der Waals surface area contributed by atoms with Crippen LogP contribution in [0.5, 0.6) is 0 Å². The predicted molar refractivity (Wildman–Crippen MR) is 76.7 cm³/mol. The summed E-state index contributed by atoms with van der Waals surface area (Å²) >= 11 is 1.97. The molecule has 2 nitrogen and oxygen atoms in total. The molecule has 0 radical (unpaired) electrons. The summed E-state index contributed by atoms with van der Waals surface area (Å²) in [4.78, 5) is 0. The second-order valence-electron chi connectivity index (χ2n) is 4.15. The van der Waals surface area contributed by atoms with Gasteiger partial charge in [-0.05, 0) is 18.2 Å². The zero-order valence-corrected chi connectivity index (χ0v) is 11.8. The van der Waals surface area contributed by atoms with Crippen molar-refractivity contribution >= 4 is 11.8 Å². The fourth-order valence-corrected chi connectivity index (χ4v) is 2.46. The lowest BCUT2D eigenvalue weighted by Crippen LogP contribution is -2.34. The first-order chi connectivity index (χ1) is 8.27. The Morgan fingerprint density at radius 2 is 2.00 bits per heavy atom. The molecule has 1 aromatic carbocycles. The highest BCUT2D eigenvalue weighted by Crippen LogP contribution is 2.14. The van der Waals surface area contributed by atoms with Crippen LogP contribution >= 0.6 is 11.8 Å². The second kappa shape index (κ2) is 8.56. The van der Waals surface area contributed by atoms with Crippen LogP contribution in [0.3, 0.4) is 0 Å². The summed E-state index contributed by atoms with van der Waals surface area (Å²) in [5, 5.41) is 3.62. The van der Waals surface area contributed by atoms with E-state index < -0.39 is 0 Å². The Hall–Kier alpha value is -0.510. The molecular weight excluding hydrogens is 230 g/mol. The molecule has 96 valence electrons. The topological polar surface area (TPSA) is 21.3 Å². The molecule has 0 aliphatic carbocycles. The van der Waals surface area contributed by atoms with Gasteiger partial charge in [0.05, 0.1) is 12.6 Å².